The zero-order valence-corrected chi connectivity index (χ0v) is 11.3. The van der Waals surface area contributed by atoms with Crippen molar-refractivity contribution in [2.24, 2.45) is 0 Å². The molecule has 0 aliphatic carbocycles. The Bertz CT molecular complexity index is 394. The molecular formula is C15H24N2O. The fraction of sp³-hybridized carbons (Fsp3) is 0.600. The Kier molecular flexibility index (Phi) is 4.25. The fourth-order valence-electron chi connectivity index (χ4n) is 3.01. The van der Waals surface area contributed by atoms with Crippen molar-refractivity contribution in [1.29, 1.82) is 0 Å². The molecule has 0 bridgehead atoms. The number of rotatable bonds is 4. The van der Waals surface area contributed by atoms with Gasteiger partial charge in [0.15, 0.2) is 0 Å². The minimum Gasteiger partial charge on any atom is -0.398 e. The molecule has 3 unspecified atom stereocenters. The lowest BCUT2D eigenvalue weighted by atomic mass is 10.1. The average molecular weight is 248 g/mol. The number of hydrogen-bond acceptors (Lipinski definition) is 3. The van der Waals surface area contributed by atoms with Crippen molar-refractivity contribution in [3.05, 3.63) is 29.8 Å². The summed E-state index contributed by atoms with van der Waals surface area (Å²) in [6.45, 7) is 5.16. The third kappa shape index (κ3) is 2.68. The van der Waals surface area contributed by atoms with Gasteiger partial charge >= 0.3 is 0 Å². The average Bonchev–Trinajstić information content (AvgIpc) is 2.71. The normalized spacial score (nSPS) is 26.4. The molecular weight excluding hydrogens is 224 g/mol. The molecule has 0 aromatic heterocycles. The highest BCUT2D eigenvalue weighted by Gasteiger charge is 2.31. The number of benzene rings is 1. The Balaban J connectivity index is 2.07. The van der Waals surface area contributed by atoms with Gasteiger partial charge in [0.25, 0.3) is 0 Å². The van der Waals surface area contributed by atoms with Crippen LogP contribution in [0.5, 0.6) is 0 Å². The number of nitrogens with zero attached hydrogens (tertiary/aromatic N) is 1. The van der Waals surface area contributed by atoms with Crippen LogP contribution in [-0.2, 0) is 0 Å². The highest BCUT2D eigenvalue weighted by atomic mass is 16.3. The summed E-state index contributed by atoms with van der Waals surface area (Å²) < 4.78 is 0. The summed E-state index contributed by atoms with van der Waals surface area (Å²) in [6.07, 6.45) is 3.15. The molecule has 100 valence electrons. The van der Waals surface area contributed by atoms with Gasteiger partial charge in [-0.05, 0) is 32.3 Å². The summed E-state index contributed by atoms with van der Waals surface area (Å²) in [5, 5.41) is 10.4. The van der Waals surface area contributed by atoms with Crippen molar-refractivity contribution in [2.75, 3.05) is 12.3 Å². The van der Waals surface area contributed by atoms with Gasteiger partial charge in [0.05, 0.1) is 6.10 Å². The quantitative estimate of drug-likeness (QED) is 0.805. The summed E-state index contributed by atoms with van der Waals surface area (Å²) in [5.41, 5.74) is 7.46. The van der Waals surface area contributed by atoms with Crippen LogP contribution in [0.2, 0.25) is 0 Å². The highest BCUT2D eigenvalue weighted by Crippen LogP contribution is 2.29. The van der Waals surface area contributed by atoms with E-state index in [0.29, 0.717) is 24.3 Å². The first-order valence-corrected chi connectivity index (χ1v) is 6.91. The molecule has 1 aliphatic heterocycles. The molecule has 3 nitrogen and oxygen atoms in total. The molecule has 2 rings (SSSR count). The zero-order chi connectivity index (χ0) is 13.1. The number of hydrogen-bond donors (Lipinski definition) is 2. The van der Waals surface area contributed by atoms with E-state index in [1.165, 1.54) is 12.8 Å². The number of aliphatic hydroxyl groups excluding tert-OH is 1. The second-order valence-electron chi connectivity index (χ2n) is 5.33. The van der Waals surface area contributed by atoms with E-state index in [1.807, 2.05) is 24.3 Å². The van der Waals surface area contributed by atoms with Crippen molar-refractivity contribution in [3.63, 3.8) is 0 Å². The highest BCUT2D eigenvalue weighted by molar-refractivity contribution is 5.47. The fourth-order valence-corrected chi connectivity index (χ4v) is 3.01. The minimum atomic E-state index is -0.485. The number of likely N-dealkylation sites (tertiary alicyclic amines) is 1. The van der Waals surface area contributed by atoms with Gasteiger partial charge in [0.2, 0.25) is 0 Å². The zero-order valence-electron chi connectivity index (χ0n) is 11.3. The molecule has 1 heterocycles. The second kappa shape index (κ2) is 5.72. The molecule has 0 amide bonds. The lowest BCUT2D eigenvalue weighted by Gasteiger charge is -2.30. The smallest absolute Gasteiger partial charge is 0.0936 e. The van der Waals surface area contributed by atoms with E-state index in [9.17, 15) is 5.11 Å². The maximum absolute atomic E-state index is 10.4. The summed E-state index contributed by atoms with van der Waals surface area (Å²) in [6, 6.07) is 8.78. The van der Waals surface area contributed by atoms with E-state index < -0.39 is 6.10 Å². The molecule has 3 N–H and O–H groups in total. The number of anilines is 1. The lowest BCUT2D eigenvalue weighted by molar-refractivity contribution is 0.0864. The molecule has 1 fully saturated rings. The summed E-state index contributed by atoms with van der Waals surface area (Å²) in [7, 11) is 0. The van der Waals surface area contributed by atoms with Gasteiger partial charge in [0, 0.05) is 29.9 Å². The van der Waals surface area contributed by atoms with Crippen LogP contribution in [0, 0.1) is 0 Å². The number of para-hydroxylation sites is 1. The van der Waals surface area contributed by atoms with Crippen LogP contribution in [0.4, 0.5) is 5.69 Å². The van der Waals surface area contributed by atoms with Gasteiger partial charge in [0.1, 0.15) is 0 Å². The molecule has 18 heavy (non-hydrogen) atoms. The maximum atomic E-state index is 10.4. The van der Waals surface area contributed by atoms with Crippen molar-refractivity contribution in [2.45, 2.75) is 51.3 Å². The van der Waals surface area contributed by atoms with Gasteiger partial charge in [-0.1, -0.05) is 25.1 Å². The van der Waals surface area contributed by atoms with Gasteiger partial charge < -0.3 is 10.8 Å². The number of β-amino-alcohol motifs (C(OH)–C–C–N with tert-alkyl or cyclic N) is 1. The van der Waals surface area contributed by atoms with E-state index in [1.54, 1.807) is 0 Å². The monoisotopic (exact) mass is 248 g/mol. The van der Waals surface area contributed by atoms with Gasteiger partial charge in [-0.25, -0.2) is 0 Å². The molecule has 0 radical (unpaired) electrons. The molecule has 1 aromatic carbocycles. The maximum Gasteiger partial charge on any atom is 0.0936 e. The first kappa shape index (κ1) is 13.4. The molecule has 1 aromatic rings. The van der Waals surface area contributed by atoms with Crippen LogP contribution in [0.25, 0.3) is 0 Å². The predicted octanol–water partition coefficient (Wildman–Crippen LogP) is 2.57. The van der Waals surface area contributed by atoms with E-state index >= 15 is 0 Å². The van der Waals surface area contributed by atoms with E-state index in [0.717, 1.165) is 12.0 Å². The largest absolute Gasteiger partial charge is 0.398 e. The Morgan fingerprint density at radius 2 is 2.11 bits per heavy atom. The van der Waals surface area contributed by atoms with Gasteiger partial charge in [-0.15, -0.1) is 0 Å². The van der Waals surface area contributed by atoms with Crippen LogP contribution in [0.3, 0.4) is 0 Å². The Hall–Kier alpha value is -1.06. The van der Waals surface area contributed by atoms with Crippen LogP contribution < -0.4 is 5.73 Å². The third-order valence-corrected chi connectivity index (χ3v) is 4.16. The molecule has 3 heteroatoms. The summed E-state index contributed by atoms with van der Waals surface area (Å²) in [5.74, 6) is 0. The molecule has 3 atom stereocenters. The lowest BCUT2D eigenvalue weighted by Crippen LogP contribution is -2.37. The third-order valence-electron chi connectivity index (χ3n) is 4.16. The van der Waals surface area contributed by atoms with Crippen molar-refractivity contribution < 1.29 is 5.11 Å². The van der Waals surface area contributed by atoms with Gasteiger partial charge in [-0.2, -0.15) is 0 Å². The standard InChI is InChI=1S/C15H24N2O/c1-3-12-9-8-11(2)17(12)10-15(18)13-6-4-5-7-14(13)16/h4-7,11-12,15,18H,3,8-10,16H2,1-2H3. The Morgan fingerprint density at radius 1 is 1.39 bits per heavy atom. The molecule has 0 spiro atoms. The Labute approximate surface area is 110 Å². The second-order valence-corrected chi connectivity index (χ2v) is 5.33. The molecule has 1 aliphatic rings. The van der Waals surface area contributed by atoms with Crippen molar-refractivity contribution in [3.8, 4) is 0 Å². The number of aliphatic hydroxyl groups is 1. The van der Waals surface area contributed by atoms with E-state index in [-0.39, 0.29) is 0 Å². The Morgan fingerprint density at radius 3 is 2.78 bits per heavy atom. The number of nitrogens with two attached hydrogens (primary N) is 1. The van der Waals surface area contributed by atoms with Crippen molar-refractivity contribution in [1.82, 2.24) is 4.90 Å². The minimum absolute atomic E-state index is 0.485. The SMILES string of the molecule is CCC1CCC(C)N1CC(O)c1ccccc1N. The predicted molar refractivity (Wildman–Crippen MR) is 75.3 cm³/mol. The van der Waals surface area contributed by atoms with E-state index in [4.69, 9.17) is 5.73 Å². The topological polar surface area (TPSA) is 49.5 Å². The molecule has 1 saturated heterocycles. The van der Waals surface area contributed by atoms with Crippen LogP contribution in [0.1, 0.15) is 44.8 Å². The molecule has 0 saturated carbocycles. The van der Waals surface area contributed by atoms with Crippen molar-refractivity contribution >= 4 is 5.69 Å². The first-order valence-electron chi connectivity index (χ1n) is 6.91. The van der Waals surface area contributed by atoms with Crippen LogP contribution in [0.15, 0.2) is 24.3 Å². The number of nitrogen functional groups attached to an aromatic ring is 1. The first-order chi connectivity index (χ1) is 8.63. The van der Waals surface area contributed by atoms with E-state index in [2.05, 4.69) is 18.7 Å². The van der Waals surface area contributed by atoms with Crippen LogP contribution in [-0.4, -0.2) is 28.6 Å². The van der Waals surface area contributed by atoms with Gasteiger partial charge in [-0.3, -0.25) is 4.90 Å². The van der Waals surface area contributed by atoms with Crippen LogP contribution >= 0.6 is 0 Å². The summed E-state index contributed by atoms with van der Waals surface area (Å²) in [4.78, 5) is 2.43. The summed E-state index contributed by atoms with van der Waals surface area (Å²) >= 11 is 0.